The van der Waals surface area contributed by atoms with Crippen molar-refractivity contribution in [2.75, 3.05) is 11.6 Å². The van der Waals surface area contributed by atoms with Gasteiger partial charge in [0.1, 0.15) is 11.5 Å². The summed E-state index contributed by atoms with van der Waals surface area (Å²) in [5.74, 6) is -1.35. The van der Waals surface area contributed by atoms with Gasteiger partial charge in [0.25, 0.3) is 5.91 Å². The molecular weight excluding hydrogens is 404 g/mol. The van der Waals surface area contributed by atoms with Crippen LogP contribution in [-0.4, -0.2) is 36.1 Å². The summed E-state index contributed by atoms with van der Waals surface area (Å²) in [7, 11) is 0. The van der Waals surface area contributed by atoms with Gasteiger partial charge < -0.3 is 14.5 Å². The number of imide groups is 1. The summed E-state index contributed by atoms with van der Waals surface area (Å²) in [5, 5.41) is 9.80. The average Bonchev–Trinajstić information content (AvgIpc) is 3.26. The van der Waals surface area contributed by atoms with Crippen molar-refractivity contribution in [1.82, 2.24) is 10.6 Å². The molecule has 0 saturated heterocycles. The molecule has 2 N–H and O–H groups in total. The Hall–Kier alpha value is -3.95. The number of furan rings is 1. The fraction of sp³-hybridized carbons (Fsp3) is 0.286. The van der Waals surface area contributed by atoms with E-state index in [1.807, 2.05) is 31.3 Å². The molecule has 3 rings (SSSR count). The standard InChI is InChI=1S/C21H22N4O6/c1-13-5-6-14(2)17(10-13)25-19(27)8-7-16(24-25)20(28)31-12-18(26)23-21(29)22-11-15-4-3-9-30-15/h3-6,9-10H,7-8,11-12H2,1-2H3,(H2,22,23,26,29). The minimum atomic E-state index is -0.825. The highest BCUT2D eigenvalue weighted by Crippen LogP contribution is 2.25. The zero-order valence-electron chi connectivity index (χ0n) is 17.1. The van der Waals surface area contributed by atoms with E-state index in [0.29, 0.717) is 11.4 Å². The maximum atomic E-state index is 12.3. The second-order valence-electron chi connectivity index (χ2n) is 6.93. The lowest BCUT2D eigenvalue weighted by Crippen LogP contribution is -2.41. The van der Waals surface area contributed by atoms with E-state index in [4.69, 9.17) is 9.15 Å². The lowest BCUT2D eigenvalue weighted by atomic mass is 10.1. The highest BCUT2D eigenvalue weighted by Gasteiger charge is 2.27. The number of aryl methyl sites for hydroxylation is 2. The number of carbonyl (C=O) groups is 4. The largest absolute Gasteiger partial charge is 0.467 e. The molecule has 0 aliphatic carbocycles. The second kappa shape index (κ2) is 9.70. The number of amides is 4. The molecule has 1 aliphatic rings. The van der Waals surface area contributed by atoms with Gasteiger partial charge in [0, 0.05) is 12.8 Å². The van der Waals surface area contributed by atoms with Gasteiger partial charge >= 0.3 is 12.0 Å². The maximum Gasteiger partial charge on any atom is 0.355 e. The highest BCUT2D eigenvalue weighted by molar-refractivity contribution is 6.38. The van der Waals surface area contributed by atoms with E-state index >= 15 is 0 Å². The summed E-state index contributed by atoms with van der Waals surface area (Å²) in [6.45, 7) is 3.17. The van der Waals surface area contributed by atoms with Crippen molar-refractivity contribution in [3.05, 3.63) is 53.5 Å². The zero-order valence-corrected chi connectivity index (χ0v) is 17.1. The number of hydrogen-bond acceptors (Lipinski definition) is 7. The van der Waals surface area contributed by atoms with Gasteiger partial charge in [-0.2, -0.15) is 10.1 Å². The maximum absolute atomic E-state index is 12.3. The number of nitrogens with one attached hydrogen (secondary N) is 2. The number of benzene rings is 1. The molecule has 31 heavy (non-hydrogen) atoms. The molecule has 0 atom stereocenters. The number of ether oxygens (including phenoxy) is 1. The van der Waals surface area contributed by atoms with Crippen molar-refractivity contribution in [2.24, 2.45) is 5.10 Å². The van der Waals surface area contributed by atoms with Crippen LogP contribution in [0.15, 0.2) is 46.1 Å². The summed E-state index contributed by atoms with van der Waals surface area (Å²) in [6.07, 6.45) is 1.65. The minimum absolute atomic E-state index is 0.0237. The van der Waals surface area contributed by atoms with Crippen LogP contribution in [-0.2, 0) is 25.7 Å². The summed E-state index contributed by atoms with van der Waals surface area (Å²) in [6, 6.07) is 8.17. The molecule has 0 unspecified atom stereocenters. The van der Waals surface area contributed by atoms with E-state index in [0.717, 1.165) is 11.1 Å². The van der Waals surface area contributed by atoms with E-state index in [1.54, 1.807) is 18.2 Å². The van der Waals surface area contributed by atoms with E-state index in [1.165, 1.54) is 11.3 Å². The number of urea groups is 1. The topological polar surface area (TPSA) is 130 Å². The predicted octanol–water partition coefficient (Wildman–Crippen LogP) is 1.95. The van der Waals surface area contributed by atoms with E-state index in [9.17, 15) is 19.2 Å². The van der Waals surface area contributed by atoms with Gasteiger partial charge in [-0.15, -0.1) is 0 Å². The number of rotatable bonds is 6. The average molecular weight is 426 g/mol. The third-order valence-electron chi connectivity index (χ3n) is 4.45. The fourth-order valence-corrected chi connectivity index (χ4v) is 2.84. The molecule has 2 aromatic rings. The third kappa shape index (κ3) is 5.78. The number of nitrogens with zero attached hydrogens (tertiary/aromatic N) is 2. The first kappa shape index (κ1) is 21.8. The Morgan fingerprint density at radius 1 is 1.19 bits per heavy atom. The number of hydrogen-bond donors (Lipinski definition) is 2. The van der Waals surface area contributed by atoms with Gasteiger partial charge in [0.05, 0.1) is 18.5 Å². The van der Waals surface area contributed by atoms with E-state index in [2.05, 4.69) is 10.4 Å². The van der Waals surface area contributed by atoms with Gasteiger partial charge in [-0.25, -0.2) is 9.59 Å². The summed E-state index contributed by atoms with van der Waals surface area (Å²) in [4.78, 5) is 48.2. The van der Waals surface area contributed by atoms with Crippen LogP contribution in [0.2, 0.25) is 0 Å². The van der Waals surface area contributed by atoms with Gasteiger partial charge in [-0.3, -0.25) is 14.9 Å². The number of anilines is 1. The van der Waals surface area contributed by atoms with Crippen LogP contribution in [0.3, 0.4) is 0 Å². The van der Waals surface area contributed by atoms with Crippen molar-refractivity contribution in [1.29, 1.82) is 0 Å². The van der Waals surface area contributed by atoms with Gasteiger partial charge in [0.2, 0.25) is 5.91 Å². The van der Waals surface area contributed by atoms with Crippen LogP contribution in [0.4, 0.5) is 10.5 Å². The molecule has 1 aliphatic heterocycles. The molecule has 4 amide bonds. The van der Waals surface area contributed by atoms with Crippen LogP contribution in [0.1, 0.15) is 29.7 Å². The minimum Gasteiger partial charge on any atom is -0.467 e. The monoisotopic (exact) mass is 426 g/mol. The Morgan fingerprint density at radius 3 is 2.74 bits per heavy atom. The van der Waals surface area contributed by atoms with Gasteiger partial charge in [-0.1, -0.05) is 12.1 Å². The quantitative estimate of drug-likeness (QED) is 0.679. The lowest BCUT2D eigenvalue weighted by molar-refractivity contribution is -0.142. The molecule has 0 spiro atoms. The van der Waals surface area contributed by atoms with Crippen molar-refractivity contribution in [3.8, 4) is 0 Å². The number of carbonyl (C=O) groups excluding carboxylic acids is 4. The molecule has 0 radical (unpaired) electrons. The van der Waals surface area contributed by atoms with Crippen molar-refractivity contribution < 1.29 is 28.3 Å². The number of hydrazone groups is 1. The van der Waals surface area contributed by atoms with Crippen LogP contribution in [0.5, 0.6) is 0 Å². The molecule has 162 valence electrons. The third-order valence-corrected chi connectivity index (χ3v) is 4.45. The SMILES string of the molecule is Cc1ccc(C)c(N2N=C(C(=O)OCC(=O)NC(=O)NCc3ccco3)CCC2=O)c1. The summed E-state index contributed by atoms with van der Waals surface area (Å²) < 4.78 is 10.0. The summed E-state index contributed by atoms with van der Waals surface area (Å²) >= 11 is 0. The fourth-order valence-electron chi connectivity index (χ4n) is 2.84. The molecular formula is C21H22N4O6. The lowest BCUT2D eigenvalue weighted by Gasteiger charge is -2.24. The second-order valence-corrected chi connectivity index (χ2v) is 6.93. The van der Waals surface area contributed by atoms with Crippen molar-refractivity contribution in [3.63, 3.8) is 0 Å². The highest BCUT2D eigenvalue weighted by atomic mass is 16.5. The Labute approximate surface area is 178 Å². The first-order valence-corrected chi connectivity index (χ1v) is 9.58. The van der Waals surface area contributed by atoms with Crippen LogP contribution < -0.4 is 15.6 Å². The first-order valence-electron chi connectivity index (χ1n) is 9.58. The van der Waals surface area contributed by atoms with Gasteiger partial charge in [-0.05, 0) is 43.2 Å². The molecule has 10 heteroatoms. The van der Waals surface area contributed by atoms with Crippen molar-refractivity contribution >= 4 is 35.2 Å². The molecule has 0 bridgehead atoms. The number of esters is 1. The molecule has 1 aromatic carbocycles. The zero-order chi connectivity index (χ0) is 22.4. The molecule has 0 fully saturated rings. The van der Waals surface area contributed by atoms with Crippen LogP contribution >= 0.6 is 0 Å². The molecule has 1 aromatic heterocycles. The summed E-state index contributed by atoms with van der Waals surface area (Å²) in [5.41, 5.74) is 2.38. The first-order chi connectivity index (χ1) is 14.8. The Kier molecular flexibility index (Phi) is 6.81. The van der Waals surface area contributed by atoms with Crippen LogP contribution in [0, 0.1) is 13.8 Å². The molecule has 10 nitrogen and oxygen atoms in total. The Bertz CT molecular complexity index is 1030. The predicted molar refractivity (Wildman–Crippen MR) is 110 cm³/mol. The Balaban J connectivity index is 1.54. The normalized spacial score (nSPS) is 13.4. The van der Waals surface area contributed by atoms with Crippen molar-refractivity contribution in [2.45, 2.75) is 33.2 Å². The smallest absolute Gasteiger partial charge is 0.355 e. The molecule has 2 heterocycles. The Morgan fingerprint density at radius 2 is 2.00 bits per heavy atom. The van der Waals surface area contributed by atoms with E-state index in [-0.39, 0.29) is 31.0 Å². The van der Waals surface area contributed by atoms with E-state index < -0.39 is 24.5 Å². The van der Waals surface area contributed by atoms with Crippen LogP contribution in [0.25, 0.3) is 0 Å². The molecule has 0 saturated carbocycles. The van der Waals surface area contributed by atoms with Gasteiger partial charge in [0.15, 0.2) is 6.61 Å².